The third kappa shape index (κ3) is 3.58. The Balaban J connectivity index is 2.46. The summed E-state index contributed by atoms with van der Waals surface area (Å²) in [6, 6.07) is -0.453. The predicted octanol–water partition coefficient (Wildman–Crippen LogP) is 1.57. The molecule has 6 heteroatoms. The fourth-order valence-corrected chi connectivity index (χ4v) is 2.25. The molecule has 0 bridgehead atoms. The first-order valence-corrected chi connectivity index (χ1v) is 6.63. The molecule has 0 aromatic heterocycles. The Hall–Kier alpha value is -0.370. The molecule has 0 aromatic rings. The molecule has 1 aliphatic rings. The quantitative estimate of drug-likeness (QED) is 0.262. The fraction of sp³-hybridized carbons (Fsp3) is 0.800. The zero-order valence-electron chi connectivity index (χ0n) is 9.37. The largest absolute Gasteiger partial charge is 0.464 e. The fourth-order valence-electron chi connectivity index (χ4n) is 1.65. The molecule has 1 heterocycles. The van der Waals surface area contributed by atoms with Gasteiger partial charge in [-0.05, 0) is 6.42 Å². The zero-order chi connectivity index (χ0) is 12.0. The first kappa shape index (κ1) is 13.7. The SMILES string of the molecule is CCCCCC(=O)N(NI)C1CCOC1=O. The molecule has 0 saturated carbocycles. The van der Waals surface area contributed by atoms with E-state index in [0.29, 0.717) is 19.4 Å². The van der Waals surface area contributed by atoms with Gasteiger partial charge in [0.2, 0.25) is 5.91 Å². The lowest BCUT2D eigenvalue weighted by Gasteiger charge is -2.23. The first-order valence-electron chi connectivity index (χ1n) is 5.55. The van der Waals surface area contributed by atoms with Crippen LogP contribution in [0.2, 0.25) is 0 Å². The lowest BCUT2D eigenvalue weighted by molar-refractivity contribution is -0.149. The van der Waals surface area contributed by atoms with E-state index in [1.165, 1.54) is 5.01 Å². The second-order valence-electron chi connectivity index (χ2n) is 3.78. The molecule has 1 fully saturated rings. The smallest absolute Gasteiger partial charge is 0.330 e. The van der Waals surface area contributed by atoms with Gasteiger partial charge in [-0.3, -0.25) is 9.80 Å². The summed E-state index contributed by atoms with van der Waals surface area (Å²) >= 11 is 1.87. The van der Waals surface area contributed by atoms with Gasteiger partial charge in [0, 0.05) is 35.7 Å². The molecule has 0 radical (unpaired) electrons. The normalized spacial score (nSPS) is 19.6. The van der Waals surface area contributed by atoms with E-state index < -0.39 is 6.04 Å². The second-order valence-corrected chi connectivity index (χ2v) is 4.26. The van der Waals surface area contributed by atoms with Gasteiger partial charge in [0.1, 0.15) is 6.04 Å². The minimum atomic E-state index is -0.453. The second kappa shape index (κ2) is 7.05. The molecule has 1 N–H and O–H groups in total. The van der Waals surface area contributed by atoms with Crippen LogP contribution in [0.3, 0.4) is 0 Å². The number of amides is 1. The van der Waals surface area contributed by atoms with Crippen LogP contribution >= 0.6 is 22.9 Å². The van der Waals surface area contributed by atoms with E-state index in [9.17, 15) is 9.59 Å². The molecule has 1 saturated heterocycles. The number of halogens is 1. The van der Waals surface area contributed by atoms with Crippen LogP contribution in [0.1, 0.15) is 39.0 Å². The molecule has 1 unspecified atom stereocenters. The Kier molecular flexibility index (Phi) is 6.04. The highest BCUT2D eigenvalue weighted by Crippen LogP contribution is 2.15. The van der Waals surface area contributed by atoms with Gasteiger partial charge in [-0.15, -0.1) is 0 Å². The van der Waals surface area contributed by atoms with E-state index in [1.807, 2.05) is 22.9 Å². The van der Waals surface area contributed by atoms with E-state index in [0.717, 1.165) is 19.3 Å². The number of carbonyl (C=O) groups is 2. The number of nitrogens with zero attached hydrogens (tertiary/aromatic N) is 1. The van der Waals surface area contributed by atoms with Crippen molar-refractivity contribution in [3.63, 3.8) is 0 Å². The Morgan fingerprint density at radius 1 is 1.62 bits per heavy atom. The van der Waals surface area contributed by atoms with Gasteiger partial charge < -0.3 is 4.74 Å². The predicted molar refractivity (Wildman–Crippen MR) is 67.5 cm³/mol. The highest BCUT2D eigenvalue weighted by molar-refractivity contribution is 14.1. The van der Waals surface area contributed by atoms with Crippen LogP contribution in [0.5, 0.6) is 0 Å². The number of ether oxygens (including phenoxy) is 1. The van der Waals surface area contributed by atoms with Crippen molar-refractivity contribution in [2.75, 3.05) is 6.61 Å². The van der Waals surface area contributed by atoms with Crippen LogP contribution in [0.4, 0.5) is 0 Å². The van der Waals surface area contributed by atoms with Gasteiger partial charge in [0.05, 0.1) is 6.61 Å². The average Bonchev–Trinajstić information content (AvgIpc) is 2.67. The molecule has 0 spiro atoms. The molecule has 0 aliphatic carbocycles. The number of rotatable bonds is 6. The zero-order valence-corrected chi connectivity index (χ0v) is 11.5. The van der Waals surface area contributed by atoms with Crippen LogP contribution in [0, 0.1) is 0 Å². The van der Waals surface area contributed by atoms with Crippen molar-refractivity contribution in [1.29, 1.82) is 0 Å². The average molecular weight is 340 g/mol. The van der Waals surface area contributed by atoms with Crippen molar-refractivity contribution in [3.05, 3.63) is 0 Å². The molecule has 1 atom stereocenters. The van der Waals surface area contributed by atoms with Crippen molar-refractivity contribution in [1.82, 2.24) is 8.65 Å². The molecular weight excluding hydrogens is 323 g/mol. The first-order chi connectivity index (χ1) is 7.70. The topological polar surface area (TPSA) is 58.6 Å². The summed E-state index contributed by atoms with van der Waals surface area (Å²) in [6.45, 7) is 2.49. The number of unbranched alkanes of at least 4 members (excludes halogenated alkanes) is 2. The summed E-state index contributed by atoms with van der Waals surface area (Å²) < 4.78 is 7.60. The lowest BCUT2D eigenvalue weighted by Crippen LogP contribution is -2.47. The number of esters is 1. The molecule has 5 nitrogen and oxygen atoms in total. The van der Waals surface area contributed by atoms with Gasteiger partial charge >= 0.3 is 5.97 Å². The maximum absolute atomic E-state index is 11.8. The maximum atomic E-state index is 11.8. The Bertz CT molecular complexity index is 260. The van der Waals surface area contributed by atoms with Gasteiger partial charge in [0.25, 0.3) is 0 Å². The minimum Gasteiger partial charge on any atom is -0.464 e. The molecule has 1 aliphatic heterocycles. The number of hydrazine groups is 1. The summed E-state index contributed by atoms with van der Waals surface area (Å²) in [5.74, 6) is -0.347. The van der Waals surface area contributed by atoms with Crippen LogP contribution < -0.4 is 3.64 Å². The maximum Gasteiger partial charge on any atom is 0.330 e. The van der Waals surface area contributed by atoms with E-state index in [4.69, 9.17) is 4.74 Å². The number of carbonyl (C=O) groups excluding carboxylic acids is 2. The van der Waals surface area contributed by atoms with Crippen molar-refractivity contribution in [3.8, 4) is 0 Å². The van der Waals surface area contributed by atoms with Crippen molar-refractivity contribution < 1.29 is 14.3 Å². The van der Waals surface area contributed by atoms with Crippen LogP contribution in [0.15, 0.2) is 0 Å². The van der Waals surface area contributed by atoms with E-state index in [1.54, 1.807) is 0 Å². The summed E-state index contributed by atoms with van der Waals surface area (Å²) in [4.78, 5) is 23.2. The third-order valence-electron chi connectivity index (χ3n) is 2.57. The standard InChI is InChI=1S/C10H17IN2O3/c1-2-3-4-5-9(14)13(12-11)8-6-7-16-10(8)15/h8,12H,2-7H2,1H3. The number of hydrogen-bond acceptors (Lipinski definition) is 4. The summed E-state index contributed by atoms with van der Waals surface area (Å²) in [5, 5.41) is 1.39. The van der Waals surface area contributed by atoms with Gasteiger partial charge in [-0.25, -0.2) is 4.79 Å². The van der Waals surface area contributed by atoms with Crippen molar-refractivity contribution >= 4 is 34.7 Å². The molecule has 16 heavy (non-hydrogen) atoms. The molecule has 1 rings (SSSR count). The number of cyclic esters (lactones) is 1. The molecular formula is C10H17IN2O3. The molecule has 92 valence electrons. The number of nitrogens with one attached hydrogen (secondary N) is 1. The summed E-state index contributed by atoms with van der Waals surface area (Å²) in [5.41, 5.74) is 0. The Morgan fingerprint density at radius 2 is 2.38 bits per heavy atom. The van der Waals surface area contributed by atoms with Crippen LogP contribution in [-0.2, 0) is 14.3 Å². The van der Waals surface area contributed by atoms with Gasteiger partial charge in [0.15, 0.2) is 0 Å². The van der Waals surface area contributed by atoms with E-state index in [2.05, 4.69) is 10.6 Å². The van der Waals surface area contributed by atoms with E-state index >= 15 is 0 Å². The monoisotopic (exact) mass is 340 g/mol. The minimum absolute atomic E-state index is 0.0355. The highest BCUT2D eigenvalue weighted by Gasteiger charge is 2.34. The van der Waals surface area contributed by atoms with Gasteiger partial charge in [-0.1, -0.05) is 19.8 Å². The van der Waals surface area contributed by atoms with Gasteiger partial charge in [-0.2, -0.15) is 3.64 Å². The Labute approximate surface area is 109 Å². The van der Waals surface area contributed by atoms with Crippen molar-refractivity contribution in [2.45, 2.75) is 45.1 Å². The molecule has 0 aromatic carbocycles. The third-order valence-corrected chi connectivity index (χ3v) is 3.09. The van der Waals surface area contributed by atoms with E-state index in [-0.39, 0.29) is 11.9 Å². The van der Waals surface area contributed by atoms with Crippen LogP contribution in [-0.4, -0.2) is 29.5 Å². The number of hydrogen-bond donors (Lipinski definition) is 1. The lowest BCUT2D eigenvalue weighted by atomic mass is 10.1. The highest BCUT2D eigenvalue weighted by atomic mass is 127. The van der Waals surface area contributed by atoms with Crippen LogP contribution in [0.25, 0.3) is 0 Å². The summed E-state index contributed by atoms with van der Waals surface area (Å²) in [6.07, 6.45) is 4.04. The summed E-state index contributed by atoms with van der Waals surface area (Å²) in [7, 11) is 0. The van der Waals surface area contributed by atoms with Crippen molar-refractivity contribution in [2.24, 2.45) is 0 Å². The Morgan fingerprint density at radius 3 is 2.88 bits per heavy atom. The molecule has 1 amide bonds.